The van der Waals surface area contributed by atoms with Crippen molar-refractivity contribution in [1.82, 2.24) is 9.78 Å². The molecule has 6 heteroatoms. The van der Waals surface area contributed by atoms with E-state index in [0.29, 0.717) is 12.2 Å². The molecular weight excluding hydrogens is 294 g/mol. The average Bonchev–Trinajstić information content (AvgIpc) is 2.84. The van der Waals surface area contributed by atoms with E-state index in [1.807, 2.05) is 30.3 Å². The molecule has 1 fully saturated rings. The fourth-order valence-corrected chi connectivity index (χ4v) is 3.09. The Bertz CT molecular complexity index is 737. The van der Waals surface area contributed by atoms with Gasteiger partial charge < -0.3 is 10.4 Å². The highest BCUT2D eigenvalue weighted by atomic mass is 16.4. The Morgan fingerprint density at radius 3 is 2.57 bits per heavy atom. The standard InChI is InChI=1S/C17H19N3O3/c1-17(2)13(14(17)16(22)23)15(21)19-12-8-18-20(10-12)9-11-6-4-3-5-7-11/h3-8,10,13-14H,9H2,1-2H3,(H,19,21)(H,22,23)/t13-,14-/m0/s1. The number of carbonyl (C=O) groups excluding carboxylic acids is 1. The summed E-state index contributed by atoms with van der Waals surface area (Å²) in [6.45, 7) is 4.22. The van der Waals surface area contributed by atoms with Gasteiger partial charge in [0.05, 0.1) is 30.3 Å². The number of benzene rings is 1. The Labute approximate surface area is 134 Å². The summed E-state index contributed by atoms with van der Waals surface area (Å²) < 4.78 is 1.73. The summed E-state index contributed by atoms with van der Waals surface area (Å²) in [6.07, 6.45) is 3.32. The molecule has 0 bridgehead atoms. The summed E-state index contributed by atoms with van der Waals surface area (Å²) >= 11 is 0. The lowest BCUT2D eigenvalue weighted by atomic mass is 10.1. The molecule has 1 amide bonds. The fourth-order valence-electron chi connectivity index (χ4n) is 3.09. The molecule has 1 saturated carbocycles. The number of nitrogens with one attached hydrogen (secondary N) is 1. The SMILES string of the molecule is CC1(C)[C@H](C(=O)O)[C@H]1C(=O)Nc1cnn(Cc2ccccc2)c1. The molecule has 1 heterocycles. The van der Waals surface area contributed by atoms with Crippen LogP contribution in [0.3, 0.4) is 0 Å². The molecule has 2 atom stereocenters. The maximum atomic E-state index is 12.3. The number of nitrogens with zero attached hydrogens (tertiary/aromatic N) is 2. The van der Waals surface area contributed by atoms with Gasteiger partial charge in [-0.2, -0.15) is 5.10 Å². The minimum atomic E-state index is -0.921. The number of carboxylic acids is 1. The molecule has 0 aliphatic heterocycles. The lowest BCUT2D eigenvalue weighted by molar-refractivity contribution is -0.140. The van der Waals surface area contributed by atoms with Crippen molar-refractivity contribution in [2.24, 2.45) is 17.3 Å². The molecule has 6 nitrogen and oxygen atoms in total. The van der Waals surface area contributed by atoms with Crippen molar-refractivity contribution in [3.8, 4) is 0 Å². The third-order valence-electron chi connectivity index (χ3n) is 4.46. The van der Waals surface area contributed by atoms with Crippen LogP contribution in [0.4, 0.5) is 5.69 Å². The summed E-state index contributed by atoms with van der Waals surface area (Å²) in [5, 5.41) is 16.1. The predicted molar refractivity (Wildman–Crippen MR) is 84.8 cm³/mol. The smallest absolute Gasteiger partial charge is 0.307 e. The first-order valence-corrected chi connectivity index (χ1v) is 7.49. The zero-order valence-electron chi connectivity index (χ0n) is 13.1. The van der Waals surface area contributed by atoms with Gasteiger partial charge in [0.25, 0.3) is 0 Å². The Kier molecular flexibility index (Phi) is 3.67. The number of hydrogen-bond donors (Lipinski definition) is 2. The van der Waals surface area contributed by atoms with E-state index in [1.165, 1.54) is 0 Å². The summed E-state index contributed by atoms with van der Waals surface area (Å²) in [6, 6.07) is 9.88. The topological polar surface area (TPSA) is 84.2 Å². The van der Waals surface area contributed by atoms with Crippen LogP contribution < -0.4 is 5.32 Å². The van der Waals surface area contributed by atoms with Crippen LogP contribution in [0.1, 0.15) is 19.4 Å². The largest absolute Gasteiger partial charge is 0.481 e. The quantitative estimate of drug-likeness (QED) is 0.886. The molecule has 0 spiro atoms. The summed E-state index contributed by atoms with van der Waals surface area (Å²) in [7, 11) is 0. The van der Waals surface area contributed by atoms with Crippen LogP contribution in [0.5, 0.6) is 0 Å². The lowest BCUT2D eigenvalue weighted by Crippen LogP contribution is -2.17. The number of aliphatic carboxylic acids is 1. The van der Waals surface area contributed by atoms with Gasteiger partial charge in [-0.05, 0) is 11.0 Å². The molecule has 0 saturated heterocycles. The van der Waals surface area contributed by atoms with E-state index in [2.05, 4.69) is 10.4 Å². The second-order valence-electron chi connectivity index (χ2n) is 6.52. The van der Waals surface area contributed by atoms with Gasteiger partial charge in [-0.15, -0.1) is 0 Å². The van der Waals surface area contributed by atoms with Crippen LogP contribution in [0.15, 0.2) is 42.7 Å². The first-order chi connectivity index (χ1) is 10.9. The van der Waals surface area contributed by atoms with Crippen molar-refractivity contribution in [3.05, 3.63) is 48.3 Å². The first-order valence-electron chi connectivity index (χ1n) is 7.49. The first kappa shape index (κ1) is 15.3. The number of hydrogen-bond acceptors (Lipinski definition) is 3. The Morgan fingerprint density at radius 2 is 1.96 bits per heavy atom. The van der Waals surface area contributed by atoms with Crippen molar-refractivity contribution >= 4 is 17.6 Å². The van der Waals surface area contributed by atoms with Crippen LogP contribution >= 0.6 is 0 Å². The van der Waals surface area contributed by atoms with E-state index in [1.54, 1.807) is 30.9 Å². The molecule has 3 rings (SSSR count). The second kappa shape index (κ2) is 5.53. The maximum Gasteiger partial charge on any atom is 0.307 e. The van der Waals surface area contributed by atoms with Gasteiger partial charge in [-0.1, -0.05) is 44.2 Å². The zero-order chi connectivity index (χ0) is 16.6. The van der Waals surface area contributed by atoms with Gasteiger partial charge in [0.15, 0.2) is 0 Å². The summed E-state index contributed by atoms with van der Waals surface area (Å²) in [5.41, 5.74) is 1.19. The molecular formula is C17H19N3O3. The molecule has 2 N–H and O–H groups in total. The normalized spacial score (nSPS) is 21.7. The van der Waals surface area contributed by atoms with Crippen LogP contribution in [0, 0.1) is 17.3 Å². The summed E-state index contributed by atoms with van der Waals surface area (Å²) in [5.74, 6) is -2.31. The molecule has 2 aromatic rings. The van der Waals surface area contributed by atoms with Crippen molar-refractivity contribution in [1.29, 1.82) is 0 Å². The molecule has 0 radical (unpaired) electrons. The van der Waals surface area contributed by atoms with Crippen molar-refractivity contribution < 1.29 is 14.7 Å². The highest BCUT2D eigenvalue weighted by molar-refractivity contribution is 5.99. The number of rotatable bonds is 5. The Hall–Kier alpha value is -2.63. The number of amides is 1. The minimum Gasteiger partial charge on any atom is -0.481 e. The number of aromatic nitrogens is 2. The average molecular weight is 313 g/mol. The monoisotopic (exact) mass is 313 g/mol. The van der Waals surface area contributed by atoms with E-state index in [9.17, 15) is 9.59 Å². The van der Waals surface area contributed by atoms with E-state index < -0.39 is 23.2 Å². The zero-order valence-corrected chi connectivity index (χ0v) is 13.1. The molecule has 120 valence electrons. The van der Waals surface area contributed by atoms with Gasteiger partial charge >= 0.3 is 5.97 Å². The van der Waals surface area contributed by atoms with E-state index in [0.717, 1.165) is 5.56 Å². The third kappa shape index (κ3) is 2.97. The second-order valence-corrected chi connectivity index (χ2v) is 6.52. The Morgan fingerprint density at radius 1 is 1.26 bits per heavy atom. The molecule has 1 aliphatic carbocycles. The van der Waals surface area contributed by atoms with Crippen molar-refractivity contribution in [2.75, 3.05) is 5.32 Å². The lowest BCUT2D eigenvalue weighted by Gasteiger charge is -2.03. The number of carboxylic acid groups (broad SMARTS) is 1. The number of anilines is 1. The van der Waals surface area contributed by atoms with Crippen LogP contribution in [-0.2, 0) is 16.1 Å². The van der Waals surface area contributed by atoms with E-state index >= 15 is 0 Å². The van der Waals surface area contributed by atoms with Crippen LogP contribution in [0.2, 0.25) is 0 Å². The van der Waals surface area contributed by atoms with Gasteiger partial charge in [-0.3, -0.25) is 14.3 Å². The van der Waals surface area contributed by atoms with Crippen molar-refractivity contribution in [3.63, 3.8) is 0 Å². The molecule has 1 aromatic carbocycles. The van der Waals surface area contributed by atoms with Gasteiger partial charge in [0, 0.05) is 6.20 Å². The van der Waals surface area contributed by atoms with Gasteiger partial charge in [0.1, 0.15) is 0 Å². The maximum absolute atomic E-state index is 12.3. The fraction of sp³-hybridized carbons (Fsp3) is 0.353. The third-order valence-corrected chi connectivity index (χ3v) is 4.46. The van der Waals surface area contributed by atoms with Gasteiger partial charge in [-0.25, -0.2) is 0 Å². The highest BCUT2D eigenvalue weighted by Gasteiger charge is 2.65. The number of carbonyl (C=O) groups is 2. The Balaban J connectivity index is 1.64. The summed E-state index contributed by atoms with van der Waals surface area (Å²) in [4.78, 5) is 23.4. The van der Waals surface area contributed by atoms with Gasteiger partial charge in [0.2, 0.25) is 5.91 Å². The van der Waals surface area contributed by atoms with Crippen molar-refractivity contribution in [2.45, 2.75) is 20.4 Å². The van der Waals surface area contributed by atoms with E-state index in [4.69, 9.17) is 5.11 Å². The molecule has 23 heavy (non-hydrogen) atoms. The molecule has 1 aromatic heterocycles. The minimum absolute atomic E-state index is 0.262. The predicted octanol–water partition coefficient (Wildman–Crippen LogP) is 2.23. The van der Waals surface area contributed by atoms with E-state index in [-0.39, 0.29) is 5.91 Å². The molecule has 0 unspecified atom stereocenters. The highest BCUT2D eigenvalue weighted by Crippen LogP contribution is 2.58. The molecule has 1 aliphatic rings. The van der Waals surface area contributed by atoms with Crippen LogP contribution in [0.25, 0.3) is 0 Å². The van der Waals surface area contributed by atoms with Crippen LogP contribution in [-0.4, -0.2) is 26.8 Å².